The highest BCUT2D eigenvalue weighted by Crippen LogP contribution is 2.40. The highest BCUT2D eigenvalue weighted by atomic mass is 127. The topological polar surface area (TPSA) is 49.3 Å². The quantitative estimate of drug-likeness (QED) is 0.451. The third-order valence-corrected chi connectivity index (χ3v) is 4.43. The number of rotatable bonds is 5. The zero-order valence-electron chi connectivity index (χ0n) is 13.1. The Balaban J connectivity index is 0.00000220. The Morgan fingerprint density at radius 1 is 1.29 bits per heavy atom. The molecular formula is C16H27IN4. The first-order valence-electron chi connectivity index (χ1n) is 7.62. The summed E-state index contributed by atoms with van der Waals surface area (Å²) in [5.74, 6) is 0.871. The van der Waals surface area contributed by atoms with Gasteiger partial charge in [-0.1, -0.05) is 25.8 Å². The molecule has 0 amide bonds. The fourth-order valence-electron chi connectivity index (χ4n) is 2.95. The van der Waals surface area contributed by atoms with Gasteiger partial charge < -0.3 is 10.6 Å². The van der Waals surface area contributed by atoms with Crippen LogP contribution in [0.25, 0.3) is 0 Å². The maximum atomic E-state index is 4.31. The molecule has 21 heavy (non-hydrogen) atoms. The van der Waals surface area contributed by atoms with Gasteiger partial charge in [0, 0.05) is 19.8 Å². The van der Waals surface area contributed by atoms with E-state index in [4.69, 9.17) is 0 Å². The first-order valence-corrected chi connectivity index (χ1v) is 7.62. The lowest BCUT2D eigenvalue weighted by Gasteiger charge is -2.28. The molecule has 0 bridgehead atoms. The van der Waals surface area contributed by atoms with Crippen molar-refractivity contribution in [3.8, 4) is 0 Å². The Bertz CT molecular complexity index is 427. The van der Waals surface area contributed by atoms with Crippen LogP contribution in [0.15, 0.2) is 29.4 Å². The lowest BCUT2D eigenvalue weighted by molar-refractivity contribution is 0.283. The summed E-state index contributed by atoms with van der Waals surface area (Å²) in [6.07, 6.45) is 8.49. The predicted octanol–water partition coefficient (Wildman–Crippen LogP) is 3.34. The van der Waals surface area contributed by atoms with Gasteiger partial charge in [-0.15, -0.1) is 24.0 Å². The Kier molecular flexibility index (Phi) is 8.00. The second kappa shape index (κ2) is 9.23. The van der Waals surface area contributed by atoms with Crippen molar-refractivity contribution in [2.75, 3.05) is 13.6 Å². The Morgan fingerprint density at radius 2 is 2.05 bits per heavy atom. The van der Waals surface area contributed by atoms with Gasteiger partial charge >= 0.3 is 0 Å². The maximum absolute atomic E-state index is 4.31. The van der Waals surface area contributed by atoms with Crippen LogP contribution < -0.4 is 10.6 Å². The van der Waals surface area contributed by atoms with Gasteiger partial charge in [0.15, 0.2) is 5.96 Å². The average Bonchev–Trinajstić information content (AvgIpc) is 2.98. The molecule has 1 fully saturated rings. The minimum Gasteiger partial charge on any atom is -0.356 e. The molecule has 5 heteroatoms. The van der Waals surface area contributed by atoms with E-state index in [9.17, 15) is 0 Å². The zero-order valence-corrected chi connectivity index (χ0v) is 15.4. The van der Waals surface area contributed by atoms with E-state index in [2.05, 4.69) is 27.5 Å². The Labute approximate surface area is 145 Å². The molecule has 1 aromatic rings. The van der Waals surface area contributed by atoms with Gasteiger partial charge in [-0.3, -0.25) is 9.98 Å². The molecule has 0 spiro atoms. The molecule has 1 aromatic heterocycles. The molecule has 2 rings (SSSR count). The third-order valence-electron chi connectivity index (χ3n) is 4.43. The van der Waals surface area contributed by atoms with E-state index in [-0.39, 0.29) is 24.0 Å². The number of aromatic nitrogens is 1. The monoisotopic (exact) mass is 402 g/mol. The minimum absolute atomic E-state index is 0. The Hall–Kier alpha value is -0.850. The van der Waals surface area contributed by atoms with E-state index in [0.717, 1.165) is 18.2 Å². The van der Waals surface area contributed by atoms with Gasteiger partial charge in [-0.2, -0.15) is 0 Å². The number of hydrogen-bond acceptors (Lipinski definition) is 2. The van der Waals surface area contributed by atoms with Crippen LogP contribution in [0.3, 0.4) is 0 Å². The van der Waals surface area contributed by atoms with Crippen LogP contribution in [0.1, 0.15) is 44.7 Å². The highest BCUT2D eigenvalue weighted by molar-refractivity contribution is 14.0. The lowest BCUT2D eigenvalue weighted by atomic mass is 9.83. The predicted molar refractivity (Wildman–Crippen MR) is 99.0 cm³/mol. The summed E-state index contributed by atoms with van der Waals surface area (Å²) in [6, 6.07) is 5.96. The van der Waals surface area contributed by atoms with Gasteiger partial charge in [-0.05, 0) is 36.8 Å². The molecule has 118 valence electrons. The molecule has 4 nitrogen and oxygen atoms in total. The number of guanidine groups is 1. The van der Waals surface area contributed by atoms with Gasteiger partial charge in [-0.25, -0.2) is 0 Å². The summed E-state index contributed by atoms with van der Waals surface area (Å²) in [7, 11) is 1.82. The number of aliphatic imine (C=N–C) groups is 1. The number of hydrogen-bond donors (Lipinski definition) is 2. The number of nitrogens with zero attached hydrogens (tertiary/aromatic N) is 2. The molecule has 1 aliphatic rings. The lowest BCUT2D eigenvalue weighted by Crippen LogP contribution is -2.42. The van der Waals surface area contributed by atoms with E-state index in [1.807, 2.05) is 31.4 Å². The molecular weight excluding hydrogens is 375 g/mol. The van der Waals surface area contributed by atoms with Crippen LogP contribution in [0.2, 0.25) is 0 Å². The van der Waals surface area contributed by atoms with Crippen molar-refractivity contribution < 1.29 is 0 Å². The molecule has 2 N–H and O–H groups in total. The minimum atomic E-state index is 0. The van der Waals surface area contributed by atoms with Crippen molar-refractivity contribution in [3.05, 3.63) is 30.1 Å². The molecule has 0 aliphatic heterocycles. The summed E-state index contributed by atoms with van der Waals surface area (Å²) in [5, 5.41) is 6.81. The third kappa shape index (κ3) is 5.45. The van der Waals surface area contributed by atoms with Gasteiger partial charge in [0.1, 0.15) is 0 Å². The maximum Gasteiger partial charge on any atom is 0.191 e. The molecule has 0 atom stereocenters. The molecule has 0 unspecified atom stereocenters. The normalized spacial score (nSPS) is 17.1. The first kappa shape index (κ1) is 18.2. The largest absolute Gasteiger partial charge is 0.356 e. The SMILES string of the molecule is CCC1(CNC(=NC)NCc2ccccn2)CCCC1.I. The van der Waals surface area contributed by atoms with Crippen LogP contribution in [0.4, 0.5) is 0 Å². The van der Waals surface area contributed by atoms with Crippen molar-refractivity contribution >= 4 is 29.9 Å². The van der Waals surface area contributed by atoms with Crippen molar-refractivity contribution in [2.45, 2.75) is 45.6 Å². The van der Waals surface area contributed by atoms with E-state index in [0.29, 0.717) is 12.0 Å². The number of halogens is 1. The van der Waals surface area contributed by atoms with Gasteiger partial charge in [0.2, 0.25) is 0 Å². The summed E-state index contributed by atoms with van der Waals surface area (Å²) >= 11 is 0. The molecule has 0 radical (unpaired) electrons. The van der Waals surface area contributed by atoms with Crippen molar-refractivity contribution in [3.63, 3.8) is 0 Å². The number of nitrogens with one attached hydrogen (secondary N) is 2. The average molecular weight is 402 g/mol. The van der Waals surface area contributed by atoms with Crippen LogP contribution >= 0.6 is 24.0 Å². The summed E-state index contributed by atoms with van der Waals surface area (Å²) in [4.78, 5) is 8.60. The summed E-state index contributed by atoms with van der Waals surface area (Å²) < 4.78 is 0. The van der Waals surface area contributed by atoms with Gasteiger partial charge in [0.25, 0.3) is 0 Å². The molecule has 1 aliphatic carbocycles. The number of pyridine rings is 1. The summed E-state index contributed by atoms with van der Waals surface area (Å²) in [6.45, 7) is 4.03. The second-order valence-corrected chi connectivity index (χ2v) is 5.66. The van der Waals surface area contributed by atoms with E-state index in [1.54, 1.807) is 0 Å². The molecule has 1 saturated carbocycles. The summed E-state index contributed by atoms with van der Waals surface area (Å²) in [5.41, 5.74) is 1.50. The molecule has 0 aromatic carbocycles. The fourth-order valence-corrected chi connectivity index (χ4v) is 2.95. The van der Waals surface area contributed by atoms with Crippen molar-refractivity contribution in [2.24, 2.45) is 10.4 Å². The van der Waals surface area contributed by atoms with E-state index in [1.165, 1.54) is 32.1 Å². The van der Waals surface area contributed by atoms with E-state index >= 15 is 0 Å². The first-order chi connectivity index (χ1) is 9.78. The Morgan fingerprint density at radius 3 is 2.62 bits per heavy atom. The standard InChI is InChI=1S/C16H26N4.HI/c1-3-16(9-5-6-10-16)13-20-15(17-2)19-12-14-8-4-7-11-18-14;/h4,7-8,11H,3,5-6,9-10,12-13H2,1-2H3,(H2,17,19,20);1H. The smallest absolute Gasteiger partial charge is 0.191 e. The van der Waals surface area contributed by atoms with Crippen LogP contribution in [0, 0.1) is 5.41 Å². The van der Waals surface area contributed by atoms with E-state index < -0.39 is 0 Å². The van der Waals surface area contributed by atoms with Crippen molar-refractivity contribution in [1.82, 2.24) is 15.6 Å². The van der Waals surface area contributed by atoms with Crippen molar-refractivity contribution in [1.29, 1.82) is 0 Å². The molecule has 1 heterocycles. The highest BCUT2D eigenvalue weighted by Gasteiger charge is 2.31. The fraction of sp³-hybridized carbons (Fsp3) is 0.625. The van der Waals surface area contributed by atoms with Crippen LogP contribution in [-0.4, -0.2) is 24.5 Å². The van der Waals surface area contributed by atoms with Crippen LogP contribution in [0.5, 0.6) is 0 Å². The van der Waals surface area contributed by atoms with Gasteiger partial charge in [0.05, 0.1) is 12.2 Å². The van der Waals surface area contributed by atoms with Crippen LogP contribution in [-0.2, 0) is 6.54 Å². The zero-order chi connectivity index (χ0) is 14.3. The second-order valence-electron chi connectivity index (χ2n) is 5.66. The molecule has 0 saturated heterocycles.